The van der Waals surface area contributed by atoms with Crippen LogP contribution < -0.4 is 10.6 Å². The number of halogens is 2. The van der Waals surface area contributed by atoms with Crippen LogP contribution in [0.25, 0.3) is 0 Å². The maximum atomic E-state index is 13.9. The fourth-order valence-corrected chi connectivity index (χ4v) is 3.70. The van der Waals surface area contributed by atoms with Crippen molar-refractivity contribution in [3.05, 3.63) is 87.8 Å². The molecule has 0 atom stereocenters. The van der Waals surface area contributed by atoms with Crippen LogP contribution in [0.4, 0.5) is 10.1 Å². The van der Waals surface area contributed by atoms with Gasteiger partial charge in [-0.2, -0.15) is 0 Å². The van der Waals surface area contributed by atoms with E-state index in [9.17, 15) is 14.0 Å². The van der Waals surface area contributed by atoms with Crippen molar-refractivity contribution in [3.8, 4) is 0 Å². The van der Waals surface area contributed by atoms with Crippen LogP contribution in [0.5, 0.6) is 0 Å². The Balaban J connectivity index is 1.59. The summed E-state index contributed by atoms with van der Waals surface area (Å²) in [5.41, 5.74) is 2.62. The molecule has 2 N–H and O–H groups in total. The number of hydrogen-bond donors (Lipinski definition) is 2. The van der Waals surface area contributed by atoms with Gasteiger partial charge in [-0.3, -0.25) is 9.59 Å². The maximum Gasteiger partial charge on any atom is 0.254 e. The first kappa shape index (κ1) is 22.0. The van der Waals surface area contributed by atoms with E-state index in [4.69, 9.17) is 0 Å². The Bertz CT molecular complexity index is 1060. The van der Waals surface area contributed by atoms with E-state index < -0.39 is 11.7 Å². The lowest BCUT2D eigenvalue weighted by atomic mass is 10.1. The topological polar surface area (TPSA) is 71.1 Å². The van der Waals surface area contributed by atoms with Crippen LogP contribution in [0.1, 0.15) is 21.5 Å². The zero-order valence-electron chi connectivity index (χ0n) is 16.1. The highest BCUT2D eigenvalue weighted by Gasteiger charge is 2.15. The van der Waals surface area contributed by atoms with Crippen LogP contribution in [0.15, 0.2) is 70.3 Å². The first-order valence-corrected chi connectivity index (χ1v) is 10.9. The highest BCUT2D eigenvalue weighted by molar-refractivity contribution is 9.10. The van der Waals surface area contributed by atoms with Gasteiger partial charge in [-0.1, -0.05) is 57.5 Å². The number of nitrogens with one attached hydrogen (secondary N) is 2. The third kappa shape index (κ3) is 6.14. The number of nitrogens with zero attached hydrogens (tertiary/aromatic N) is 1. The number of carbonyl (C=O) groups excluding carboxylic acids is 2. The number of benzene rings is 2. The summed E-state index contributed by atoms with van der Waals surface area (Å²) in [4.78, 5) is 29.0. The molecule has 0 fully saturated rings. The first-order chi connectivity index (χ1) is 14.4. The highest BCUT2D eigenvalue weighted by Crippen LogP contribution is 2.22. The summed E-state index contributed by atoms with van der Waals surface area (Å²) in [7, 11) is 0. The van der Waals surface area contributed by atoms with Crippen LogP contribution in [0.3, 0.4) is 0 Å². The molecular formula is C22H19BrFN3O2S. The number of hydrogen-bond acceptors (Lipinski definition) is 4. The van der Waals surface area contributed by atoms with Gasteiger partial charge in [-0.15, -0.1) is 0 Å². The Morgan fingerprint density at radius 2 is 1.90 bits per heavy atom. The molecule has 0 saturated carbocycles. The average molecular weight is 488 g/mol. The van der Waals surface area contributed by atoms with Crippen molar-refractivity contribution < 1.29 is 14.0 Å². The second-order valence-corrected chi connectivity index (χ2v) is 8.37. The van der Waals surface area contributed by atoms with Gasteiger partial charge in [0.25, 0.3) is 5.91 Å². The molecule has 0 bridgehead atoms. The number of carbonyl (C=O) groups is 2. The number of aromatic nitrogens is 1. The molecule has 0 unspecified atom stereocenters. The van der Waals surface area contributed by atoms with Gasteiger partial charge in [0, 0.05) is 17.2 Å². The lowest BCUT2D eigenvalue weighted by molar-refractivity contribution is -0.113. The molecule has 0 radical (unpaired) electrons. The fraction of sp³-hybridized carbons (Fsp3) is 0.136. The largest absolute Gasteiger partial charge is 0.348 e. The third-order valence-corrected chi connectivity index (χ3v) is 5.63. The number of amides is 2. The van der Waals surface area contributed by atoms with E-state index in [-0.39, 0.29) is 17.3 Å². The minimum Gasteiger partial charge on any atom is -0.348 e. The number of rotatable bonds is 7. The maximum absolute atomic E-state index is 13.9. The lowest BCUT2D eigenvalue weighted by Crippen LogP contribution is -2.24. The summed E-state index contributed by atoms with van der Waals surface area (Å²) in [6, 6.07) is 15.6. The van der Waals surface area contributed by atoms with Crippen LogP contribution in [0, 0.1) is 12.7 Å². The summed E-state index contributed by atoms with van der Waals surface area (Å²) >= 11 is 4.29. The van der Waals surface area contributed by atoms with Crippen molar-refractivity contribution in [2.75, 3.05) is 11.1 Å². The van der Waals surface area contributed by atoms with Crippen LogP contribution in [-0.4, -0.2) is 22.6 Å². The van der Waals surface area contributed by atoms with Gasteiger partial charge in [0.2, 0.25) is 5.91 Å². The van der Waals surface area contributed by atoms with E-state index in [1.165, 1.54) is 12.1 Å². The summed E-state index contributed by atoms with van der Waals surface area (Å²) in [6.45, 7) is 2.39. The summed E-state index contributed by atoms with van der Waals surface area (Å²) in [5, 5.41) is 5.83. The molecular weight excluding hydrogens is 469 g/mol. The summed E-state index contributed by atoms with van der Waals surface area (Å²) in [5.74, 6) is -1.20. The molecule has 3 aromatic rings. The average Bonchev–Trinajstić information content (AvgIpc) is 2.74. The molecule has 30 heavy (non-hydrogen) atoms. The van der Waals surface area contributed by atoms with Gasteiger partial charge >= 0.3 is 0 Å². The predicted octanol–water partition coefficient (Wildman–Crippen LogP) is 4.95. The summed E-state index contributed by atoms with van der Waals surface area (Å²) in [6.07, 6.45) is 1.56. The van der Waals surface area contributed by atoms with Gasteiger partial charge in [0.1, 0.15) is 10.8 Å². The molecule has 3 rings (SSSR count). The minimum absolute atomic E-state index is 0.00917. The molecule has 8 heteroatoms. The van der Waals surface area contributed by atoms with Crippen molar-refractivity contribution in [1.82, 2.24) is 10.3 Å². The van der Waals surface area contributed by atoms with E-state index in [0.29, 0.717) is 21.6 Å². The lowest BCUT2D eigenvalue weighted by Gasteiger charge is -2.10. The van der Waals surface area contributed by atoms with Crippen LogP contribution >= 0.6 is 27.7 Å². The van der Waals surface area contributed by atoms with Crippen molar-refractivity contribution in [1.29, 1.82) is 0 Å². The van der Waals surface area contributed by atoms with Crippen LogP contribution in [0.2, 0.25) is 0 Å². The molecule has 2 aromatic carbocycles. The number of pyridine rings is 1. The fourth-order valence-electron chi connectivity index (χ4n) is 2.57. The number of thioether (sulfide) groups is 1. The van der Waals surface area contributed by atoms with Crippen molar-refractivity contribution >= 4 is 45.2 Å². The number of aryl methyl sites for hydroxylation is 1. The van der Waals surface area contributed by atoms with E-state index in [1.54, 1.807) is 24.4 Å². The normalized spacial score (nSPS) is 10.5. The quantitative estimate of drug-likeness (QED) is 0.462. The van der Waals surface area contributed by atoms with Gasteiger partial charge in [0.15, 0.2) is 0 Å². The van der Waals surface area contributed by atoms with Crippen molar-refractivity contribution in [2.45, 2.75) is 18.5 Å². The van der Waals surface area contributed by atoms with E-state index >= 15 is 0 Å². The molecule has 1 heterocycles. The second-order valence-electron chi connectivity index (χ2n) is 6.49. The van der Waals surface area contributed by atoms with E-state index in [2.05, 4.69) is 31.5 Å². The Morgan fingerprint density at radius 1 is 1.13 bits per heavy atom. The van der Waals surface area contributed by atoms with E-state index in [0.717, 1.165) is 22.9 Å². The predicted molar refractivity (Wildman–Crippen MR) is 120 cm³/mol. The van der Waals surface area contributed by atoms with Crippen LogP contribution in [-0.2, 0) is 11.3 Å². The second kappa shape index (κ2) is 10.4. The smallest absolute Gasteiger partial charge is 0.254 e. The monoisotopic (exact) mass is 487 g/mol. The van der Waals surface area contributed by atoms with Gasteiger partial charge in [0.05, 0.1) is 17.0 Å². The van der Waals surface area contributed by atoms with Crippen molar-refractivity contribution in [3.63, 3.8) is 0 Å². The summed E-state index contributed by atoms with van der Waals surface area (Å²) < 4.78 is 14.5. The van der Waals surface area contributed by atoms with E-state index in [1.807, 2.05) is 31.2 Å². The Morgan fingerprint density at radius 3 is 2.63 bits per heavy atom. The van der Waals surface area contributed by atoms with Gasteiger partial charge < -0.3 is 10.6 Å². The zero-order valence-corrected chi connectivity index (χ0v) is 18.5. The zero-order chi connectivity index (χ0) is 21.5. The molecule has 154 valence electrons. The van der Waals surface area contributed by atoms with Gasteiger partial charge in [-0.25, -0.2) is 9.37 Å². The SMILES string of the molecule is Cc1ccc(CNC(=O)c2cccnc2SCC(=O)Nc2ccc(Br)cc2F)cc1. The molecule has 1 aromatic heterocycles. The Labute approximate surface area is 186 Å². The van der Waals surface area contributed by atoms with Gasteiger partial charge in [-0.05, 0) is 42.8 Å². The molecule has 5 nitrogen and oxygen atoms in total. The molecule has 0 saturated heterocycles. The van der Waals surface area contributed by atoms with Crippen molar-refractivity contribution in [2.24, 2.45) is 0 Å². The Hall–Kier alpha value is -2.71. The molecule has 0 aliphatic rings. The number of anilines is 1. The molecule has 0 spiro atoms. The molecule has 2 amide bonds. The third-order valence-electron chi connectivity index (χ3n) is 4.13. The molecule has 0 aliphatic carbocycles. The Kier molecular flexibility index (Phi) is 7.59. The standard InChI is InChI=1S/C22H19BrFN3O2S/c1-14-4-6-15(7-5-14)12-26-21(29)17-3-2-10-25-22(17)30-13-20(28)27-19-9-8-16(23)11-18(19)24/h2-11H,12-13H2,1H3,(H,26,29)(H,27,28). The molecule has 0 aliphatic heterocycles. The minimum atomic E-state index is -0.531. The first-order valence-electron chi connectivity index (χ1n) is 9.09. The highest BCUT2D eigenvalue weighted by atomic mass is 79.9.